The average Bonchev–Trinajstić information content (AvgIpc) is 2.84. The molecular formula is C11H14N4S. The van der Waals surface area contributed by atoms with Crippen molar-refractivity contribution in [3.05, 3.63) is 22.8 Å². The Hall–Kier alpha value is -1.20. The molecule has 1 atom stereocenters. The molecule has 0 aliphatic heterocycles. The van der Waals surface area contributed by atoms with Crippen molar-refractivity contribution in [2.45, 2.75) is 25.3 Å². The van der Waals surface area contributed by atoms with Gasteiger partial charge in [0.15, 0.2) is 0 Å². The van der Waals surface area contributed by atoms with E-state index in [2.05, 4.69) is 10.1 Å². The summed E-state index contributed by atoms with van der Waals surface area (Å²) in [4.78, 5) is 5.98. The molecule has 0 fully saturated rings. The number of aryl methyl sites for hydroxylation is 2. The van der Waals surface area contributed by atoms with Crippen LogP contribution in [0.2, 0.25) is 0 Å². The van der Waals surface area contributed by atoms with Crippen molar-refractivity contribution in [2.75, 3.05) is 0 Å². The van der Waals surface area contributed by atoms with E-state index in [9.17, 15) is 0 Å². The van der Waals surface area contributed by atoms with Crippen LogP contribution in [-0.2, 0) is 13.5 Å². The fourth-order valence-electron chi connectivity index (χ4n) is 2.09. The van der Waals surface area contributed by atoms with Gasteiger partial charge in [0.2, 0.25) is 0 Å². The van der Waals surface area contributed by atoms with Gasteiger partial charge >= 0.3 is 0 Å². The average molecular weight is 234 g/mol. The van der Waals surface area contributed by atoms with Gasteiger partial charge < -0.3 is 5.73 Å². The predicted octanol–water partition coefficient (Wildman–Crippen LogP) is 1.88. The van der Waals surface area contributed by atoms with E-state index in [1.807, 2.05) is 19.3 Å². The molecule has 2 aromatic rings. The van der Waals surface area contributed by atoms with Crippen LogP contribution in [-0.4, -0.2) is 14.8 Å². The first-order valence-electron chi connectivity index (χ1n) is 5.49. The zero-order chi connectivity index (χ0) is 11.1. The number of hydrogen-bond acceptors (Lipinski definition) is 4. The first-order chi connectivity index (χ1) is 7.74. The summed E-state index contributed by atoms with van der Waals surface area (Å²) in [6.45, 7) is 0. The van der Waals surface area contributed by atoms with Crippen LogP contribution in [0, 0.1) is 0 Å². The minimum absolute atomic E-state index is 0.123. The Balaban J connectivity index is 2.04. The summed E-state index contributed by atoms with van der Waals surface area (Å²) < 4.78 is 1.80. The summed E-state index contributed by atoms with van der Waals surface area (Å²) in [5.74, 6) is 0. The molecule has 2 N–H and O–H groups in total. The molecule has 16 heavy (non-hydrogen) atoms. The van der Waals surface area contributed by atoms with Gasteiger partial charge in [-0.3, -0.25) is 4.68 Å². The molecule has 0 bridgehead atoms. The molecule has 3 rings (SSSR count). The van der Waals surface area contributed by atoms with Crippen molar-refractivity contribution in [3.63, 3.8) is 0 Å². The number of thiazole rings is 1. The molecule has 84 valence electrons. The van der Waals surface area contributed by atoms with Gasteiger partial charge in [0, 0.05) is 24.2 Å². The Kier molecular flexibility index (Phi) is 2.29. The van der Waals surface area contributed by atoms with Gasteiger partial charge in [-0.2, -0.15) is 5.10 Å². The number of hydrogen-bond donors (Lipinski definition) is 1. The maximum absolute atomic E-state index is 6.06. The highest BCUT2D eigenvalue weighted by atomic mass is 32.1. The van der Waals surface area contributed by atoms with Crippen molar-refractivity contribution in [3.8, 4) is 10.7 Å². The summed E-state index contributed by atoms with van der Waals surface area (Å²) in [7, 11) is 1.92. The van der Waals surface area contributed by atoms with E-state index >= 15 is 0 Å². The number of aromatic nitrogens is 3. The summed E-state index contributed by atoms with van der Waals surface area (Å²) in [6.07, 6.45) is 5.29. The molecule has 2 aromatic heterocycles. The minimum Gasteiger partial charge on any atom is -0.323 e. The molecule has 4 nitrogen and oxygen atoms in total. The third-order valence-electron chi connectivity index (χ3n) is 2.93. The highest BCUT2D eigenvalue weighted by Gasteiger charge is 2.22. The standard InChI is InChI=1S/C11H14N4S/c1-15-6-5-8(14-15)11-13-10-7(12)3-2-4-9(10)16-11/h5-7H,2-4,12H2,1H3. The lowest BCUT2D eigenvalue weighted by atomic mass is 9.99. The van der Waals surface area contributed by atoms with Crippen molar-refractivity contribution in [1.82, 2.24) is 14.8 Å². The molecule has 0 aromatic carbocycles. The normalized spacial score (nSPS) is 19.8. The first kappa shape index (κ1) is 9.99. The number of nitrogens with zero attached hydrogens (tertiary/aromatic N) is 3. The third-order valence-corrected chi connectivity index (χ3v) is 4.08. The zero-order valence-electron chi connectivity index (χ0n) is 9.18. The lowest BCUT2D eigenvalue weighted by molar-refractivity contribution is 0.564. The fraction of sp³-hybridized carbons (Fsp3) is 0.455. The molecule has 0 amide bonds. The van der Waals surface area contributed by atoms with E-state index in [1.54, 1.807) is 16.0 Å². The Morgan fingerprint density at radius 3 is 3.12 bits per heavy atom. The molecule has 0 radical (unpaired) electrons. The van der Waals surface area contributed by atoms with Crippen molar-refractivity contribution >= 4 is 11.3 Å². The van der Waals surface area contributed by atoms with Crippen molar-refractivity contribution in [2.24, 2.45) is 12.8 Å². The van der Waals surface area contributed by atoms with E-state index in [0.29, 0.717) is 0 Å². The Bertz CT molecular complexity index is 514. The van der Waals surface area contributed by atoms with Crippen LogP contribution >= 0.6 is 11.3 Å². The molecule has 1 unspecified atom stereocenters. The summed E-state index contributed by atoms with van der Waals surface area (Å²) >= 11 is 1.74. The van der Waals surface area contributed by atoms with Gasteiger partial charge in [-0.1, -0.05) is 0 Å². The van der Waals surface area contributed by atoms with E-state index in [1.165, 1.54) is 11.3 Å². The molecule has 0 spiro atoms. The zero-order valence-corrected chi connectivity index (χ0v) is 10.00. The molecule has 5 heteroatoms. The van der Waals surface area contributed by atoms with Crippen LogP contribution < -0.4 is 5.73 Å². The molecule has 2 heterocycles. The molecule has 1 aliphatic carbocycles. The maximum atomic E-state index is 6.06. The van der Waals surface area contributed by atoms with Crippen LogP contribution in [0.3, 0.4) is 0 Å². The molecular weight excluding hydrogens is 220 g/mol. The van der Waals surface area contributed by atoms with E-state index < -0.39 is 0 Å². The Morgan fingerprint density at radius 1 is 1.56 bits per heavy atom. The topological polar surface area (TPSA) is 56.7 Å². The Labute approximate surface area is 98.1 Å². The van der Waals surface area contributed by atoms with E-state index in [-0.39, 0.29) is 6.04 Å². The summed E-state index contributed by atoms with van der Waals surface area (Å²) in [6, 6.07) is 2.12. The van der Waals surface area contributed by atoms with Crippen LogP contribution in [0.15, 0.2) is 12.3 Å². The molecule has 1 aliphatic rings. The van der Waals surface area contributed by atoms with Crippen LogP contribution in [0.5, 0.6) is 0 Å². The van der Waals surface area contributed by atoms with Gasteiger partial charge in [0.25, 0.3) is 0 Å². The first-order valence-corrected chi connectivity index (χ1v) is 6.31. The van der Waals surface area contributed by atoms with Gasteiger partial charge in [0.1, 0.15) is 10.7 Å². The number of rotatable bonds is 1. The smallest absolute Gasteiger partial charge is 0.144 e. The third kappa shape index (κ3) is 1.56. The SMILES string of the molecule is Cn1ccc(-c2nc3c(s2)CCCC3N)n1. The van der Waals surface area contributed by atoms with Gasteiger partial charge in [-0.15, -0.1) is 11.3 Å². The van der Waals surface area contributed by atoms with Gasteiger partial charge in [0.05, 0.1) is 5.69 Å². The quantitative estimate of drug-likeness (QED) is 0.819. The Morgan fingerprint density at radius 2 is 2.44 bits per heavy atom. The monoisotopic (exact) mass is 234 g/mol. The minimum atomic E-state index is 0.123. The summed E-state index contributed by atoms with van der Waals surface area (Å²) in [5, 5.41) is 5.38. The maximum Gasteiger partial charge on any atom is 0.144 e. The van der Waals surface area contributed by atoms with Gasteiger partial charge in [-0.05, 0) is 25.3 Å². The van der Waals surface area contributed by atoms with Crippen LogP contribution in [0.25, 0.3) is 10.7 Å². The fourth-order valence-corrected chi connectivity index (χ4v) is 3.23. The molecule has 0 saturated heterocycles. The number of nitrogens with two attached hydrogens (primary N) is 1. The summed E-state index contributed by atoms with van der Waals surface area (Å²) in [5.41, 5.74) is 8.11. The van der Waals surface area contributed by atoms with E-state index in [4.69, 9.17) is 5.73 Å². The second kappa shape index (κ2) is 3.68. The molecule has 0 saturated carbocycles. The van der Waals surface area contributed by atoms with Crippen LogP contribution in [0.4, 0.5) is 0 Å². The van der Waals surface area contributed by atoms with Crippen molar-refractivity contribution in [1.29, 1.82) is 0 Å². The second-order valence-electron chi connectivity index (χ2n) is 4.20. The van der Waals surface area contributed by atoms with E-state index in [0.717, 1.165) is 29.2 Å². The van der Waals surface area contributed by atoms with Gasteiger partial charge in [-0.25, -0.2) is 4.98 Å². The number of fused-ring (bicyclic) bond motifs is 1. The highest BCUT2D eigenvalue weighted by molar-refractivity contribution is 7.15. The van der Waals surface area contributed by atoms with Crippen molar-refractivity contribution < 1.29 is 0 Å². The second-order valence-corrected chi connectivity index (χ2v) is 5.28. The van der Waals surface area contributed by atoms with Crippen LogP contribution in [0.1, 0.15) is 29.5 Å². The lowest BCUT2D eigenvalue weighted by Gasteiger charge is -2.15. The predicted molar refractivity (Wildman–Crippen MR) is 64.2 cm³/mol. The highest BCUT2D eigenvalue weighted by Crippen LogP contribution is 2.35. The largest absolute Gasteiger partial charge is 0.323 e. The lowest BCUT2D eigenvalue weighted by Crippen LogP contribution is -2.16.